The molecule has 2 heterocycles. The fraction of sp³-hybridized carbons (Fsp3) is 0.286. The van der Waals surface area contributed by atoms with E-state index in [0.717, 1.165) is 46.0 Å². The number of nitrogens with zero attached hydrogens (tertiary/aromatic N) is 1. The molecule has 1 aliphatic rings. The molecule has 1 atom stereocenters. The van der Waals surface area contributed by atoms with Gasteiger partial charge in [0.25, 0.3) is 15.9 Å². The van der Waals surface area contributed by atoms with Crippen LogP contribution in [0.4, 0.5) is 10.1 Å². The Balaban J connectivity index is 1.54. The van der Waals surface area contributed by atoms with Crippen molar-refractivity contribution in [1.29, 1.82) is 0 Å². The molecule has 1 amide bonds. The molecule has 1 saturated heterocycles. The zero-order valence-electron chi connectivity index (χ0n) is 16.3. The van der Waals surface area contributed by atoms with E-state index in [1.54, 1.807) is 24.3 Å². The minimum absolute atomic E-state index is 0.00557. The Morgan fingerprint density at radius 3 is 2.70 bits per heavy atom. The van der Waals surface area contributed by atoms with E-state index in [9.17, 15) is 17.6 Å². The lowest BCUT2D eigenvalue weighted by Crippen LogP contribution is -2.31. The van der Waals surface area contributed by atoms with E-state index < -0.39 is 15.8 Å². The third-order valence-electron chi connectivity index (χ3n) is 5.07. The van der Waals surface area contributed by atoms with E-state index >= 15 is 0 Å². The molecule has 2 aromatic carbocycles. The van der Waals surface area contributed by atoms with Crippen LogP contribution in [0.2, 0.25) is 0 Å². The van der Waals surface area contributed by atoms with E-state index in [-0.39, 0.29) is 16.9 Å². The van der Waals surface area contributed by atoms with E-state index in [1.165, 1.54) is 30.5 Å². The lowest BCUT2D eigenvalue weighted by molar-refractivity contribution is 0.0861. The molecule has 158 valence electrons. The molecule has 0 unspecified atom stereocenters. The molecule has 3 aromatic rings. The van der Waals surface area contributed by atoms with Crippen molar-refractivity contribution in [3.05, 3.63) is 59.2 Å². The third-order valence-corrected chi connectivity index (χ3v) is 7.99. The van der Waals surface area contributed by atoms with Gasteiger partial charge in [-0.15, -0.1) is 11.3 Å². The van der Waals surface area contributed by atoms with Crippen LogP contribution in [0.15, 0.2) is 53.4 Å². The summed E-state index contributed by atoms with van der Waals surface area (Å²) in [6, 6.07) is 11.7. The summed E-state index contributed by atoms with van der Waals surface area (Å²) in [5.74, 6) is -0.665. The number of carbonyl (C=O) groups is 1. The van der Waals surface area contributed by atoms with Crippen molar-refractivity contribution in [1.82, 2.24) is 5.32 Å². The van der Waals surface area contributed by atoms with Crippen LogP contribution in [0.25, 0.3) is 10.1 Å². The molecule has 9 heteroatoms. The van der Waals surface area contributed by atoms with Gasteiger partial charge in [0.15, 0.2) is 0 Å². The number of ether oxygens (including phenoxy) is 1. The summed E-state index contributed by atoms with van der Waals surface area (Å²) >= 11 is 1.35. The number of thiophene rings is 1. The maximum Gasteiger partial charge on any atom is 0.264 e. The number of nitrogens with one attached hydrogen (secondary N) is 1. The molecule has 0 bridgehead atoms. The van der Waals surface area contributed by atoms with Gasteiger partial charge in [0.1, 0.15) is 5.82 Å². The quantitative estimate of drug-likeness (QED) is 0.623. The maximum atomic E-state index is 13.1. The highest BCUT2D eigenvalue weighted by Gasteiger charge is 2.22. The number of anilines is 1. The molecule has 0 saturated carbocycles. The molecule has 0 radical (unpaired) electrons. The molecule has 0 aliphatic carbocycles. The van der Waals surface area contributed by atoms with Gasteiger partial charge in [0, 0.05) is 24.9 Å². The largest absolute Gasteiger partial charge is 0.376 e. The van der Waals surface area contributed by atoms with Gasteiger partial charge in [0.2, 0.25) is 0 Å². The number of amides is 1. The summed E-state index contributed by atoms with van der Waals surface area (Å²) in [7, 11) is -2.38. The highest BCUT2D eigenvalue weighted by molar-refractivity contribution is 7.92. The molecule has 1 aromatic heterocycles. The Morgan fingerprint density at radius 2 is 2.00 bits per heavy atom. The fourth-order valence-electron chi connectivity index (χ4n) is 3.34. The highest BCUT2D eigenvalue weighted by atomic mass is 32.2. The summed E-state index contributed by atoms with van der Waals surface area (Å²) in [5.41, 5.74) is 0.455. The second-order valence-corrected chi connectivity index (χ2v) is 10.2. The van der Waals surface area contributed by atoms with Gasteiger partial charge in [0.05, 0.1) is 21.6 Å². The SMILES string of the molecule is CN(c1ccc2sc(C(=O)NC[C@@H]3CCCO3)cc2c1)S(=O)(=O)c1ccc(F)cc1. The van der Waals surface area contributed by atoms with Crippen LogP contribution in [0, 0.1) is 5.82 Å². The molecule has 30 heavy (non-hydrogen) atoms. The highest BCUT2D eigenvalue weighted by Crippen LogP contribution is 2.31. The van der Waals surface area contributed by atoms with Crippen molar-refractivity contribution >= 4 is 43.0 Å². The lowest BCUT2D eigenvalue weighted by Gasteiger charge is -2.19. The zero-order valence-corrected chi connectivity index (χ0v) is 17.9. The first kappa shape index (κ1) is 20.8. The number of fused-ring (bicyclic) bond motifs is 1. The second kappa shape index (κ2) is 8.33. The van der Waals surface area contributed by atoms with Gasteiger partial charge in [-0.2, -0.15) is 0 Å². The van der Waals surface area contributed by atoms with E-state index in [0.29, 0.717) is 17.1 Å². The average Bonchev–Trinajstić information content (AvgIpc) is 3.40. The third kappa shape index (κ3) is 4.19. The molecule has 6 nitrogen and oxygen atoms in total. The van der Waals surface area contributed by atoms with Crippen LogP contribution >= 0.6 is 11.3 Å². The van der Waals surface area contributed by atoms with Crippen molar-refractivity contribution in [3.8, 4) is 0 Å². The normalized spacial score (nSPS) is 16.7. The molecule has 4 rings (SSSR count). The number of carbonyl (C=O) groups excluding carboxylic acids is 1. The standard InChI is InChI=1S/C21H21FN2O4S2/c1-24(30(26,27)18-7-4-15(22)5-8-18)16-6-9-19-14(11-16)12-20(29-19)21(25)23-13-17-3-2-10-28-17/h4-9,11-12,17H,2-3,10,13H2,1H3,(H,23,25)/t17-/m0/s1. The number of hydrogen-bond acceptors (Lipinski definition) is 5. The molecule has 1 N–H and O–H groups in total. The van der Waals surface area contributed by atoms with Crippen molar-refractivity contribution in [3.63, 3.8) is 0 Å². The fourth-order valence-corrected chi connectivity index (χ4v) is 5.49. The number of benzene rings is 2. The van der Waals surface area contributed by atoms with Crippen molar-refractivity contribution in [2.75, 3.05) is 24.5 Å². The van der Waals surface area contributed by atoms with Gasteiger partial charge >= 0.3 is 0 Å². The van der Waals surface area contributed by atoms with Crippen LogP contribution in [0.1, 0.15) is 22.5 Å². The minimum atomic E-state index is -3.83. The number of hydrogen-bond donors (Lipinski definition) is 1. The van der Waals surface area contributed by atoms with Crippen LogP contribution < -0.4 is 9.62 Å². The Hall–Kier alpha value is -2.49. The zero-order chi connectivity index (χ0) is 21.3. The average molecular weight is 449 g/mol. The van der Waals surface area contributed by atoms with E-state index in [2.05, 4.69) is 5.32 Å². The first-order valence-electron chi connectivity index (χ1n) is 9.52. The van der Waals surface area contributed by atoms with Gasteiger partial charge in [-0.1, -0.05) is 0 Å². The van der Waals surface area contributed by atoms with Crippen molar-refractivity contribution in [2.24, 2.45) is 0 Å². The monoisotopic (exact) mass is 448 g/mol. The second-order valence-electron chi connectivity index (χ2n) is 7.10. The lowest BCUT2D eigenvalue weighted by atomic mass is 10.2. The first-order chi connectivity index (χ1) is 14.3. The predicted octanol–water partition coefficient (Wildman–Crippen LogP) is 3.77. The van der Waals surface area contributed by atoms with E-state index in [4.69, 9.17) is 4.74 Å². The predicted molar refractivity (Wildman–Crippen MR) is 115 cm³/mol. The van der Waals surface area contributed by atoms with Gasteiger partial charge in [-0.05, 0) is 66.8 Å². The molecular formula is C21H21FN2O4S2. The van der Waals surface area contributed by atoms with Gasteiger partial charge in [-0.25, -0.2) is 12.8 Å². The van der Waals surface area contributed by atoms with E-state index in [1.807, 2.05) is 0 Å². The molecule has 0 spiro atoms. The van der Waals surface area contributed by atoms with Crippen molar-refractivity contribution in [2.45, 2.75) is 23.8 Å². The number of rotatable bonds is 6. The topological polar surface area (TPSA) is 75.7 Å². The van der Waals surface area contributed by atoms with Crippen LogP contribution in [0.5, 0.6) is 0 Å². The first-order valence-corrected chi connectivity index (χ1v) is 11.8. The minimum Gasteiger partial charge on any atom is -0.376 e. The molecule has 1 aliphatic heterocycles. The Labute approximate surface area is 178 Å². The molecular weight excluding hydrogens is 427 g/mol. The van der Waals surface area contributed by atoms with Gasteiger partial charge in [-0.3, -0.25) is 9.10 Å². The Kier molecular flexibility index (Phi) is 5.77. The van der Waals surface area contributed by atoms with Gasteiger partial charge < -0.3 is 10.1 Å². The molecule has 1 fully saturated rings. The maximum absolute atomic E-state index is 13.1. The van der Waals surface area contributed by atoms with Crippen LogP contribution in [-0.2, 0) is 14.8 Å². The van der Waals surface area contributed by atoms with Crippen LogP contribution in [-0.4, -0.2) is 40.6 Å². The number of halogens is 1. The summed E-state index contributed by atoms with van der Waals surface area (Å²) in [6.07, 6.45) is 2.03. The summed E-state index contributed by atoms with van der Waals surface area (Å²) in [5, 5.41) is 3.68. The van der Waals surface area contributed by atoms with Crippen molar-refractivity contribution < 1.29 is 22.3 Å². The van der Waals surface area contributed by atoms with Crippen LogP contribution in [0.3, 0.4) is 0 Å². The Morgan fingerprint density at radius 1 is 1.23 bits per heavy atom. The summed E-state index contributed by atoms with van der Waals surface area (Å²) in [4.78, 5) is 13.0. The number of sulfonamides is 1. The summed E-state index contributed by atoms with van der Waals surface area (Å²) in [6.45, 7) is 1.22. The Bertz CT molecular complexity index is 1170. The summed E-state index contributed by atoms with van der Waals surface area (Å²) < 4.78 is 46.4. The smallest absolute Gasteiger partial charge is 0.264 e.